The molecule has 1 aromatic rings. The second kappa shape index (κ2) is 5.91. The first kappa shape index (κ1) is 16.0. The van der Waals surface area contributed by atoms with Crippen LogP contribution in [0.1, 0.15) is 61.0 Å². The zero-order valence-corrected chi connectivity index (χ0v) is 14.2. The highest BCUT2D eigenvalue weighted by Crippen LogP contribution is 2.37. The van der Waals surface area contributed by atoms with E-state index in [0.717, 1.165) is 28.7 Å². The maximum atomic E-state index is 11.1. The molecule has 0 saturated carbocycles. The van der Waals surface area contributed by atoms with Crippen LogP contribution in [0.4, 0.5) is 0 Å². The van der Waals surface area contributed by atoms with Crippen molar-refractivity contribution in [2.24, 2.45) is 0 Å². The first-order valence-electron chi connectivity index (χ1n) is 6.97. The van der Waals surface area contributed by atoms with Gasteiger partial charge in [0.1, 0.15) is 12.0 Å². The van der Waals surface area contributed by atoms with Crippen LogP contribution in [0.25, 0.3) is 0 Å². The lowest BCUT2D eigenvalue weighted by Gasteiger charge is -2.27. The van der Waals surface area contributed by atoms with Crippen molar-refractivity contribution < 1.29 is 9.22 Å². The molecule has 0 aromatic heterocycles. The summed E-state index contributed by atoms with van der Waals surface area (Å²) in [6, 6.07) is 3.94. The van der Waals surface area contributed by atoms with Gasteiger partial charge in [0, 0.05) is 5.56 Å². The third kappa shape index (κ3) is 4.20. The van der Waals surface area contributed by atoms with Gasteiger partial charge in [-0.1, -0.05) is 27.7 Å². The van der Waals surface area contributed by atoms with E-state index in [4.69, 9.17) is 4.43 Å². The monoisotopic (exact) mass is 278 g/mol. The van der Waals surface area contributed by atoms with Crippen LogP contribution in [0.3, 0.4) is 0 Å². The fourth-order valence-electron chi connectivity index (χ4n) is 2.05. The van der Waals surface area contributed by atoms with E-state index in [-0.39, 0.29) is 0 Å². The quantitative estimate of drug-likeness (QED) is 0.562. The van der Waals surface area contributed by atoms with Crippen LogP contribution in [0.2, 0.25) is 19.6 Å². The van der Waals surface area contributed by atoms with Gasteiger partial charge in [-0.05, 0) is 54.7 Å². The Kier molecular flexibility index (Phi) is 4.96. The molecular formula is C16H26O2Si. The second-order valence-corrected chi connectivity index (χ2v) is 11.1. The first-order chi connectivity index (χ1) is 8.65. The van der Waals surface area contributed by atoms with Crippen molar-refractivity contribution in [1.29, 1.82) is 0 Å². The van der Waals surface area contributed by atoms with Gasteiger partial charge < -0.3 is 4.43 Å². The molecule has 0 fully saturated rings. The van der Waals surface area contributed by atoms with Gasteiger partial charge in [0.15, 0.2) is 0 Å². The fourth-order valence-corrected chi connectivity index (χ4v) is 2.90. The summed E-state index contributed by atoms with van der Waals surface area (Å²) < 4.78 is 6.31. The van der Waals surface area contributed by atoms with E-state index in [1.807, 2.05) is 12.1 Å². The molecule has 1 aromatic carbocycles. The molecule has 0 amide bonds. The molecule has 0 atom stereocenters. The summed E-state index contributed by atoms with van der Waals surface area (Å²) in [6.45, 7) is 15.1. The fraction of sp³-hybridized carbons (Fsp3) is 0.562. The number of aldehydes is 1. The molecule has 0 N–H and O–H groups in total. The SMILES string of the molecule is CC(C)c1cc(C=O)cc(C(C)C)c1O[Si](C)(C)C. The van der Waals surface area contributed by atoms with E-state index in [1.165, 1.54) is 0 Å². The molecule has 0 aliphatic heterocycles. The summed E-state index contributed by atoms with van der Waals surface area (Å²) in [5.74, 6) is 1.71. The lowest BCUT2D eigenvalue weighted by atomic mass is 9.92. The lowest BCUT2D eigenvalue weighted by molar-refractivity contribution is 0.112. The molecule has 3 heteroatoms. The number of rotatable bonds is 5. The molecule has 0 aliphatic carbocycles. The Balaban J connectivity index is 3.49. The summed E-state index contributed by atoms with van der Waals surface area (Å²) >= 11 is 0. The smallest absolute Gasteiger partial charge is 0.242 e. The summed E-state index contributed by atoms with van der Waals surface area (Å²) in [4.78, 5) is 11.1. The first-order valence-corrected chi connectivity index (χ1v) is 10.4. The van der Waals surface area contributed by atoms with Gasteiger partial charge in [0.2, 0.25) is 8.32 Å². The van der Waals surface area contributed by atoms with Crippen molar-refractivity contribution in [2.45, 2.75) is 59.2 Å². The molecule has 0 radical (unpaired) electrons. The number of hydrogen-bond donors (Lipinski definition) is 0. The topological polar surface area (TPSA) is 26.3 Å². The highest BCUT2D eigenvalue weighted by Gasteiger charge is 2.23. The number of carbonyl (C=O) groups is 1. The minimum Gasteiger partial charge on any atom is -0.544 e. The zero-order valence-electron chi connectivity index (χ0n) is 13.2. The van der Waals surface area contributed by atoms with Gasteiger partial charge in [-0.3, -0.25) is 4.79 Å². The van der Waals surface area contributed by atoms with Gasteiger partial charge in [-0.25, -0.2) is 0 Å². The summed E-state index contributed by atoms with van der Waals surface area (Å²) in [7, 11) is -1.67. The molecule has 0 heterocycles. The second-order valence-electron chi connectivity index (χ2n) is 6.67. The Morgan fingerprint density at radius 2 is 1.42 bits per heavy atom. The Hall–Kier alpha value is -1.09. The Bertz CT molecular complexity index is 427. The van der Waals surface area contributed by atoms with E-state index in [2.05, 4.69) is 47.3 Å². The van der Waals surface area contributed by atoms with Gasteiger partial charge in [0.05, 0.1) is 0 Å². The van der Waals surface area contributed by atoms with Gasteiger partial charge in [-0.2, -0.15) is 0 Å². The number of hydrogen-bond acceptors (Lipinski definition) is 2. The Morgan fingerprint density at radius 3 is 1.68 bits per heavy atom. The molecule has 0 spiro atoms. The Morgan fingerprint density at radius 1 is 1.00 bits per heavy atom. The highest BCUT2D eigenvalue weighted by molar-refractivity contribution is 6.70. The minimum atomic E-state index is -1.67. The Labute approximate surface area is 118 Å². The molecule has 0 aliphatic rings. The number of carbonyl (C=O) groups excluding carboxylic acids is 1. The highest BCUT2D eigenvalue weighted by atomic mass is 28.4. The largest absolute Gasteiger partial charge is 0.544 e. The molecule has 0 unspecified atom stereocenters. The molecule has 0 bridgehead atoms. The van der Waals surface area contributed by atoms with E-state index in [1.54, 1.807) is 0 Å². The van der Waals surface area contributed by atoms with E-state index in [9.17, 15) is 4.79 Å². The van der Waals surface area contributed by atoms with Crippen LogP contribution < -0.4 is 4.43 Å². The van der Waals surface area contributed by atoms with Crippen molar-refractivity contribution in [3.05, 3.63) is 28.8 Å². The summed E-state index contributed by atoms with van der Waals surface area (Å²) in [5.41, 5.74) is 3.04. The number of benzene rings is 1. The maximum Gasteiger partial charge on any atom is 0.242 e. The molecule has 2 nitrogen and oxygen atoms in total. The molecule has 1 rings (SSSR count). The van der Waals surface area contributed by atoms with Gasteiger partial charge in [0.25, 0.3) is 0 Å². The van der Waals surface area contributed by atoms with Crippen LogP contribution in [0.15, 0.2) is 12.1 Å². The molecule has 19 heavy (non-hydrogen) atoms. The lowest BCUT2D eigenvalue weighted by Crippen LogP contribution is -2.30. The normalized spacial score (nSPS) is 12.1. The average Bonchev–Trinajstić information content (AvgIpc) is 2.26. The van der Waals surface area contributed by atoms with Crippen molar-refractivity contribution in [3.63, 3.8) is 0 Å². The zero-order chi connectivity index (χ0) is 14.8. The van der Waals surface area contributed by atoms with Crippen LogP contribution >= 0.6 is 0 Å². The minimum absolute atomic E-state index is 0.351. The van der Waals surface area contributed by atoms with E-state index < -0.39 is 8.32 Å². The van der Waals surface area contributed by atoms with Crippen LogP contribution in [0.5, 0.6) is 5.75 Å². The molecule has 106 valence electrons. The van der Waals surface area contributed by atoms with Crippen molar-refractivity contribution in [2.75, 3.05) is 0 Å². The van der Waals surface area contributed by atoms with E-state index >= 15 is 0 Å². The van der Waals surface area contributed by atoms with Crippen molar-refractivity contribution >= 4 is 14.6 Å². The molecular weight excluding hydrogens is 252 g/mol. The van der Waals surface area contributed by atoms with Crippen molar-refractivity contribution in [1.82, 2.24) is 0 Å². The third-order valence-electron chi connectivity index (χ3n) is 2.96. The predicted octanol–water partition coefficient (Wildman–Crippen LogP) is 4.96. The average molecular weight is 278 g/mol. The predicted molar refractivity (Wildman–Crippen MR) is 84.0 cm³/mol. The van der Waals surface area contributed by atoms with Gasteiger partial charge >= 0.3 is 0 Å². The van der Waals surface area contributed by atoms with Crippen LogP contribution in [-0.2, 0) is 0 Å². The van der Waals surface area contributed by atoms with Crippen LogP contribution in [0, 0.1) is 0 Å². The van der Waals surface area contributed by atoms with Gasteiger partial charge in [-0.15, -0.1) is 0 Å². The van der Waals surface area contributed by atoms with Crippen LogP contribution in [-0.4, -0.2) is 14.6 Å². The van der Waals surface area contributed by atoms with Crippen molar-refractivity contribution in [3.8, 4) is 5.75 Å². The molecule has 0 saturated heterocycles. The summed E-state index contributed by atoms with van der Waals surface area (Å²) in [6.07, 6.45) is 0.927. The van der Waals surface area contributed by atoms with E-state index in [0.29, 0.717) is 11.8 Å². The summed E-state index contributed by atoms with van der Waals surface area (Å²) in [5, 5.41) is 0. The third-order valence-corrected chi connectivity index (χ3v) is 3.77. The maximum absolute atomic E-state index is 11.1. The standard InChI is InChI=1S/C16H26O2Si/c1-11(2)14-8-13(10-17)9-15(12(3)4)16(14)18-19(5,6)7/h8-12H,1-7H3.